The molecule has 1 aliphatic heterocycles. The molecule has 146 valence electrons. The van der Waals surface area contributed by atoms with E-state index in [2.05, 4.69) is 9.97 Å². The summed E-state index contributed by atoms with van der Waals surface area (Å²) in [6, 6.07) is 6.34. The molecule has 0 bridgehead atoms. The first kappa shape index (κ1) is 19.7. The van der Waals surface area contributed by atoms with Gasteiger partial charge < -0.3 is 34.6 Å². The molecule has 1 aromatic heterocycles. The maximum absolute atomic E-state index is 14.6. The van der Waals surface area contributed by atoms with Crippen molar-refractivity contribution >= 4 is 11.6 Å². The summed E-state index contributed by atoms with van der Waals surface area (Å²) in [4.78, 5) is 7.27. The summed E-state index contributed by atoms with van der Waals surface area (Å²) in [6.45, 7) is -0.655. The lowest BCUT2D eigenvalue weighted by Gasteiger charge is -2.39. The minimum atomic E-state index is -1.72. The number of aliphatic hydroxyl groups is 4. The molecule has 5 atom stereocenters. The Morgan fingerprint density at radius 2 is 1.78 bits per heavy atom. The highest BCUT2D eigenvalue weighted by molar-refractivity contribution is 6.32. The molecular formula is C16H16ClFN2O7. The Bertz CT molecular complexity index is 797. The third kappa shape index (κ3) is 4.10. The van der Waals surface area contributed by atoms with E-state index in [0.29, 0.717) is 0 Å². The van der Waals surface area contributed by atoms with Crippen LogP contribution in [0.2, 0.25) is 5.02 Å². The second kappa shape index (κ2) is 8.30. The fourth-order valence-corrected chi connectivity index (χ4v) is 2.57. The minimum absolute atomic E-state index is 0.149. The van der Waals surface area contributed by atoms with Crippen molar-refractivity contribution in [2.75, 3.05) is 6.61 Å². The average Bonchev–Trinajstić information content (AvgIpc) is 2.67. The predicted molar refractivity (Wildman–Crippen MR) is 87.9 cm³/mol. The van der Waals surface area contributed by atoms with E-state index in [1.165, 1.54) is 6.07 Å². The average molecular weight is 403 g/mol. The molecule has 9 nitrogen and oxygen atoms in total. The van der Waals surface area contributed by atoms with Gasteiger partial charge in [-0.1, -0.05) is 23.7 Å². The molecule has 0 saturated carbocycles. The SMILES string of the molecule is OC[C@H]1O[C@@H](Oc2ncnc(Oc3ccccc3Cl)c2F)[C@H](O)[C@@H](O)[C@@H]1O. The van der Waals surface area contributed by atoms with Crippen LogP contribution < -0.4 is 9.47 Å². The third-order valence-electron chi connectivity index (χ3n) is 3.85. The van der Waals surface area contributed by atoms with Crippen LogP contribution in [0.25, 0.3) is 0 Å². The summed E-state index contributed by atoms with van der Waals surface area (Å²) < 4.78 is 30.2. The molecule has 2 aromatic rings. The topological polar surface area (TPSA) is 134 Å². The molecule has 0 unspecified atom stereocenters. The van der Waals surface area contributed by atoms with Crippen LogP contribution in [0, 0.1) is 5.82 Å². The van der Waals surface area contributed by atoms with Crippen molar-refractivity contribution in [2.24, 2.45) is 0 Å². The Kier molecular flexibility index (Phi) is 6.05. The van der Waals surface area contributed by atoms with Gasteiger partial charge in [0.1, 0.15) is 36.5 Å². The van der Waals surface area contributed by atoms with Gasteiger partial charge in [0.25, 0.3) is 11.8 Å². The molecule has 27 heavy (non-hydrogen) atoms. The lowest BCUT2D eigenvalue weighted by molar-refractivity contribution is -0.278. The van der Waals surface area contributed by atoms with Crippen LogP contribution in [0.5, 0.6) is 17.5 Å². The van der Waals surface area contributed by atoms with E-state index in [0.717, 1.165) is 6.33 Å². The second-order valence-corrected chi connectivity index (χ2v) is 6.05. The van der Waals surface area contributed by atoms with Crippen molar-refractivity contribution in [3.63, 3.8) is 0 Å². The van der Waals surface area contributed by atoms with E-state index in [1.807, 2.05) is 0 Å². The number of hydrogen-bond donors (Lipinski definition) is 4. The number of aliphatic hydroxyl groups excluding tert-OH is 4. The lowest BCUT2D eigenvalue weighted by atomic mass is 9.99. The number of halogens is 2. The van der Waals surface area contributed by atoms with Gasteiger partial charge >= 0.3 is 0 Å². The van der Waals surface area contributed by atoms with Gasteiger partial charge in [0.05, 0.1) is 11.6 Å². The number of benzene rings is 1. The van der Waals surface area contributed by atoms with Crippen molar-refractivity contribution in [1.29, 1.82) is 0 Å². The fourth-order valence-electron chi connectivity index (χ4n) is 2.40. The predicted octanol–water partition coefficient (Wildman–Crippen LogP) is 0.240. The minimum Gasteiger partial charge on any atom is -0.442 e. The van der Waals surface area contributed by atoms with E-state index < -0.39 is 54.9 Å². The highest BCUT2D eigenvalue weighted by atomic mass is 35.5. The van der Waals surface area contributed by atoms with Gasteiger partial charge in [-0.3, -0.25) is 0 Å². The zero-order valence-electron chi connectivity index (χ0n) is 13.6. The van der Waals surface area contributed by atoms with Crippen molar-refractivity contribution in [2.45, 2.75) is 30.7 Å². The molecule has 1 aromatic carbocycles. The van der Waals surface area contributed by atoms with Crippen LogP contribution in [0.4, 0.5) is 4.39 Å². The number of hydrogen-bond acceptors (Lipinski definition) is 9. The zero-order chi connectivity index (χ0) is 19.6. The molecule has 1 fully saturated rings. The van der Waals surface area contributed by atoms with Crippen molar-refractivity contribution in [3.05, 3.63) is 41.4 Å². The maximum Gasteiger partial charge on any atom is 0.263 e. The number of ether oxygens (including phenoxy) is 3. The summed E-state index contributed by atoms with van der Waals surface area (Å²) >= 11 is 5.95. The lowest BCUT2D eigenvalue weighted by Crippen LogP contribution is -2.60. The number of nitrogens with zero attached hydrogens (tertiary/aromatic N) is 2. The fraction of sp³-hybridized carbons (Fsp3) is 0.375. The van der Waals surface area contributed by atoms with Crippen LogP contribution in [-0.4, -0.2) is 67.7 Å². The first-order valence-electron chi connectivity index (χ1n) is 7.82. The van der Waals surface area contributed by atoms with Gasteiger partial charge in [0.2, 0.25) is 12.1 Å². The summed E-state index contributed by atoms with van der Waals surface area (Å²) in [5.41, 5.74) is 0. The maximum atomic E-state index is 14.6. The van der Waals surface area contributed by atoms with E-state index >= 15 is 0 Å². The van der Waals surface area contributed by atoms with E-state index in [1.54, 1.807) is 18.2 Å². The molecule has 1 saturated heterocycles. The standard InChI is InChI=1S/C16H16ClFN2O7/c17-7-3-1-2-4-8(7)25-14-10(18)15(20-6-19-14)27-16-13(24)12(23)11(22)9(5-21)26-16/h1-4,6,9,11-13,16,21-24H,5H2/t9-,11-,12+,13-,16+/m1/s1. The van der Waals surface area contributed by atoms with E-state index in [9.17, 15) is 24.8 Å². The normalized spacial score (nSPS) is 28.0. The largest absolute Gasteiger partial charge is 0.442 e. The summed E-state index contributed by atoms with van der Waals surface area (Å²) in [5.74, 6) is -2.07. The van der Waals surface area contributed by atoms with Gasteiger partial charge in [-0.05, 0) is 12.1 Å². The Labute approximate surface area is 157 Å². The van der Waals surface area contributed by atoms with Gasteiger partial charge in [0.15, 0.2) is 0 Å². The molecule has 4 N–H and O–H groups in total. The quantitative estimate of drug-likeness (QED) is 0.554. The summed E-state index contributed by atoms with van der Waals surface area (Å²) in [6.07, 6.45) is -6.82. The molecule has 0 radical (unpaired) electrons. The molecule has 11 heteroatoms. The Balaban J connectivity index is 1.80. The van der Waals surface area contributed by atoms with Gasteiger partial charge in [0, 0.05) is 0 Å². The monoisotopic (exact) mass is 402 g/mol. The van der Waals surface area contributed by atoms with Crippen LogP contribution >= 0.6 is 11.6 Å². The van der Waals surface area contributed by atoms with Crippen molar-refractivity contribution in [1.82, 2.24) is 9.97 Å². The second-order valence-electron chi connectivity index (χ2n) is 5.65. The first-order valence-corrected chi connectivity index (χ1v) is 8.20. The Hall–Kier alpha value is -2.08. The summed E-state index contributed by atoms with van der Waals surface area (Å²) in [5, 5.41) is 38.9. The van der Waals surface area contributed by atoms with Crippen molar-refractivity contribution in [3.8, 4) is 17.5 Å². The van der Waals surface area contributed by atoms with Crippen LogP contribution in [0.3, 0.4) is 0 Å². The highest BCUT2D eigenvalue weighted by Crippen LogP contribution is 2.32. The zero-order valence-corrected chi connectivity index (χ0v) is 14.4. The smallest absolute Gasteiger partial charge is 0.263 e. The van der Waals surface area contributed by atoms with Crippen molar-refractivity contribution < 1.29 is 39.0 Å². The van der Waals surface area contributed by atoms with Gasteiger partial charge in [-0.2, -0.15) is 14.4 Å². The first-order chi connectivity index (χ1) is 12.9. The van der Waals surface area contributed by atoms with Crippen LogP contribution in [0.1, 0.15) is 0 Å². The Morgan fingerprint density at radius 3 is 2.48 bits per heavy atom. The third-order valence-corrected chi connectivity index (χ3v) is 4.16. The Morgan fingerprint density at radius 1 is 1.07 bits per heavy atom. The van der Waals surface area contributed by atoms with E-state index in [-0.39, 0.29) is 10.8 Å². The number of rotatable bonds is 5. The molecule has 0 amide bonds. The van der Waals surface area contributed by atoms with E-state index in [4.69, 9.17) is 25.8 Å². The van der Waals surface area contributed by atoms with Gasteiger partial charge in [-0.15, -0.1) is 0 Å². The number of aromatic nitrogens is 2. The molecule has 2 heterocycles. The molecule has 0 spiro atoms. The highest BCUT2D eigenvalue weighted by Gasteiger charge is 2.45. The molecular weight excluding hydrogens is 387 g/mol. The summed E-state index contributed by atoms with van der Waals surface area (Å²) in [7, 11) is 0. The molecule has 1 aliphatic rings. The van der Waals surface area contributed by atoms with Crippen LogP contribution in [0.15, 0.2) is 30.6 Å². The van der Waals surface area contributed by atoms with Gasteiger partial charge in [-0.25, -0.2) is 0 Å². The molecule has 0 aliphatic carbocycles. The van der Waals surface area contributed by atoms with Crippen LogP contribution in [-0.2, 0) is 4.74 Å². The molecule has 3 rings (SSSR count). The number of para-hydroxylation sites is 1.